The van der Waals surface area contributed by atoms with Gasteiger partial charge in [-0.15, -0.1) is 0 Å². The number of halogens is 1. The number of nitrogens with one attached hydrogen (secondary N) is 1. The van der Waals surface area contributed by atoms with Crippen molar-refractivity contribution in [2.75, 3.05) is 5.32 Å². The van der Waals surface area contributed by atoms with Gasteiger partial charge in [0.2, 0.25) is 0 Å². The standard InChI is InChI=1S/C19H13BrN2O3S/c20-13-5-9-15(10-6-13)26-16-11-7-14(8-12-16)21-19(23)17-3-1-2-4-18(17)22(24)25/h1-12H,(H,21,23). The third kappa shape index (κ3) is 4.50. The first-order chi connectivity index (χ1) is 12.5. The van der Waals surface area contributed by atoms with Gasteiger partial charge in [-0.1, -0.05) is 39.8 Å². The molecule has 3 aromatic rings. The van der Waals surface area contributed by atoms with Crippen LogP contribution in [0.4, 0.5) is 11.4 Å². The van der Waals surface area contributed by atoms with Crippen molar-refractivity contribution >= 4 is 45.0 Å². The van der Waals surface area contributed by atoms with Crippen molar-refractivity contribution in [3.05, 3.63) is 92.9 Å². The van der Waals surface area contributed by atoms with Crippen LogP contribution in [0.25, 0.3) is 0 Å². The Balaban J connectivity index is 1.70. The number of benzene rings is 3. The summed E-state index contributed by atoms with van der Waals surface area (Å²) < 4.78 is 1.02. The van der Waals surface area contributed by atoms with E-state index in [1.165, 1.54) is 18.2 Å². The van der Waals surface area contributed by atoms with Gasteiger partial charge in [-0.3, -0.25) is 14.9 Å². The molecule has 0 atom stereocenters. The number of para-hydroxylation sites is 1. The maximum Gasteiger partial charge on any atom is 0.282 e. The van der Waals surface area contributed by atoms with Crippen molar-refractivity contribution < 1.29 is 9.72 Å². The number of nitro groups is 1. The van der Waals surface area contributed by atoms with Crippen molar-refractivity contribution in [3.8, 4) is 0 Å². The van der Waals surface area contributed by atoms with E-state index in [-0.39, 0.29) is 11.3 Å². The van der Waals surface area contributed by atoms with Crippen LogP contribution in [0, 0.1) is 10.1 Å². The molecule has 1 amide bonds. The van der Waals surface area contributed by atoms with E-state index in [1.54, 1.807) is 30.0 Å². The smallest absolute Gasteiger partial charge is 0.282 e. The van der Waals surface area contributed by atoms with E-state index in [1.807, 2.05) is 36.4 Å². The molecular formula is C19H13BrN2O3S. The Morgan fingerprint density at radius 3 is 2.12 bits per heavy atom. The molecule has 26 heavy (non-hydrogen) atoms. The molecule has 0 unspecified atom stereocenters. The first kappa shape index (κ1) is 18.2. The van der Waals surface area contributed by atoms with Crippen LogP contribution in [0.1, 0.15) is 10.4 Å². The van der Waals surface area contributed by atoms with Crippen LogP contribution in [0.15, 0.2) is 87.1 Å². The van der Waals surface area contributed by atoms with Gasteiger partial charge in [0.05, 0.1) is 4.92 Å². The predicted octanol–water partition coefficient (Wildman–Crippen LogP) is 5.76. The summed E-state index contributed by atoms with van der Waals surface area (Å²) in [6, 6.07) is 21.2. The molecule has 5 nitrogen and oxygen atoms in total. The van der Waals surface area contributed by atoms with Crippen LogP contribution >= 0.6 is 27.7 Å². The molecule has 0 heterocycles. The predicted molar refractivity (Wildman–Crippen MR) is 106 cm³/mol. The Labute approximate surface area is 162 Å². The minimum Gasteiger partial charge on any atom is -0.322 e. The topological polar surface area (TPSA) is 72.2 Å². The molecule has 0 aromatic heterocycles. The zero-order valence-corrected chi connectivity index (χ0v) is 15.8. The van der Waals surface area contributed by atoms with Gasteiger partial charge < -0.3 is 5.32 Å². The van der Waals surface area contributed by atoms with Crippen molar-refractivity contribution in [1.82, 2.24) is 0 Å². The molecule has 0 fully saturated rings. The number of hydrogen-bond acceptors (Lipinski definition) is 4. The van der Waals surface area contributed by atoms with Crippen molar-refractivity contribution in [3.63, 3.8) is 0 Å². The second-order valence-corrected chi connectivity index (χ2v) is 7.37. The molecule has 0 bridgehead atoms. The van der Waals surface area contributed by atoms with Crippen LogP contribution in [-0.2, 0) is 0 Å². The number of amides is 1. The summed E-state index contributed by atoms with van der Waals surface area (Å²) in [4.78, 5) is 24.9. The Morgan fingerprint density at radius 1 is 0.923 bits per heavy atom. The number of carbonyl (C=O) groups is 1. The fourth-order valence-corrected chi connectivity index (χ4v) is 3.35. The first-order valence-electron chi connectivity index (χ1n) is 7.61. The molecule has 130 valence electrons. The third-order valence-corrected chi connectivity index (χ3v) is 5.05. The quantitative estimate of drug-likeness (QED) is 0.414. The monoisotopic (exact) mass is 428 g/mol. The average molecular weight is 429 g/mol. The lowest BCUT2D eigenvalue weighted by atomic mass is 10.1. The molecule has 0 radical (unpaired) electrons. The van der Waals surface area contributed by atoms with Gasteiger partial charge in [0, 0.05) is 26.0 Å². The van der Waals surface area contributed by atoms with Gasteiger partial charge >= 0.3 is 0 Å². The normalized spacial score (nSPS) is 10.3. The molecule has 7 heteroatoms. The highest BCUT2D eigenvalue weighted by Gasteiger charge is 2.19. The van der Waals surface area contributed by atoms with Crippen LogP contribution < -0.4 is 5.32 Å². The number of anilines is 1. The lowest BCUT2D eigenvalue weighted by molar-refractivity contribution is -0.385. The van der Waals surface area contributed by atoms with E-state index >= 15 is 0 Å². The summed E-state index contributed by atoms with van der Waals surface area (Å²) in [5, 5.41) is 13.7. The highest BCUT2D eigenvalue weighted by Crippen LogP contribution is 2.29. The minimum atomic E-state index is -0.563. The Morgan fingerprint density at radius 2 is 1.50 bits per heavy atom. The molecule has 0 saturated heterocycles. The van der Waals surface area contributed by atoms with Crippen molar-refractivity contribution in [2.24, 2.45) is 0 Å². The van der Waals surface area contributed by atoms with Crippen LogP contribution in [0.3, 0.4) is 0 Å². The Bertz CT molecular complexity index is 944. The molecule has 0 aliphatic carbocycles. The van der Waals surface area contributed by atoms with Gasteiger partial charge in [0.25, 0.3) is 11.6 Å². The van der Waals surface area contributed by atoms with Gasteiger partial charge in [-0.25, -0.2) is 0 Å². The van der Waals surface area contributed by atoms with Crippen LogP contribution in [0.2, 0.25) is 0 Å². The zero-order chi connectivity index (χ0) is 18.5. The Hall–Kier alpha value is -2.64. The summed E-state index contributed by atoms with van der Waals surface area (Å²) in [6.07, 6.45) is 0. The molecule has 3 rings (SSSR count). The van der Waals surface area contributed by atoms with Gasteiger partial charge in [-0.05, 0) is 54.6 Å². The van der Waals surface area contributed by atoms with Gasteiger partial charge in [0.1, 0.15) is 5.56 Å². The number of nitrogens with zero attached hydrogens (tertiary/aromatic N) is 1. The summed E-state index contributed by atoms with van der Waals surface area (Å²) in [7, 11) is 0. The maximum absolute atomic E-state index is 12.3. The number of carbonyl (C=O) groups excluding carboxylic acids is 1. The summed E-state index contributed by atoms with van der Waals surface area (Å²) in [5.41, 5.74) is 0.395. The third-order valence-electron chi connectivity index (χ3n) is 3.51. The van der Waals surface area contributed by atoms with E-state index < -0.39 is 10.8 Å². The lowest BCUT2D eigenvalue weighted by Gasteiger charge is -2.07. The number of rotatable bonds is 5. The number of hydrogen-bond donors (Lipinski definition) is 1. The summed E-state index contributed by atoms with van der Waals surface area (Å²) >= 11 is 5.01. The molecule has 0 aliphatic rings. The molecule has 3 aromatic carbocycles. The van der Waals surface area contributed by atoms with E-state index in [9.17, 15) is 14.9 Å². The minimum absolute atomic E-state index is 0.0332. The average Bonchev–Trinajstić information content (AvgIpc) is 2.65. The molecule has 0 saturated carbocycles. The van der Waals surface area contributed by atoms with Crippen LogP contribution in [-0.4, -0.2) is 10.8 Å². The largest absolute Gasteiger partial charge is 0.322 e. The Kier molecular flexibility index (Phi) is 5.70. The lowest BCUT2D eigenvalue weighted by Crippen LogP contribution is -2.13. The highest BCUT2D eigenvalue weighted by atomic mass is 79.9. The fraction of sp³-hybridized carbons (Fsp3) is 0. The SMILES string of the molecule is O=C(Nc1ccc(Sc2ccc(Br)cc2)cc1)c1ccccc1[N+](=O)[O-]. The van der Waals surface area contributed by atoms with Gasteiger partial charge in [0.15, 0.2) is 0 Å². The zero-order valence-electron chi connectivity index (χ0n) is 13.4. The molecule has 0 aliphatic heterocycles. The second-order valence-electron chi connectivity index (χ2n) is 5.31. The van der Waals surface area contributed by atoms with E-state index in [4.69, 9.17) is 0 Å². The summed E-state index contributed by atoms with van der Waals surface area (Å²) in [5.74, 6) is -0.509. The van der Waals surface area contributed by atoms with E-state index in [2.05, 4.69) is 21.2 Å². The fourth-order valence-electron chi connectivity index (χ4n) is 2.27. The second kappa shape index (κ2) is 8.16. The van der Waals surface area contributed by atoms with E-state index in [0.29, 0.717) is 5.69 Å². The van der Waals surface area contributed by atoms with Crippen molar-refractivity contribution in [1.29, 1.82) is 0 Å². The summed E-state index contributed by atoms with van der Waals surface area (Å²) in [6.45, 7) is 0. The molecular weight excluding hydrogens is 416 g/mol. The van der Waals surface area contributed by atoms with Gasteiger partial charge in [-0.2, -0.15) is 0 Å². The van der Waals surface area contributed by atoms with E-state index in [0.717, 1.165) is 14.3 Å². The van der Waals surface area contributed by atoms with Crippen molar-refractivity contribution in [2.45, 2.75) is 9.79 Å². The molecule has 1 N–H and O–H groups in total. The first-order valence-corrected chi connectivity index (χ1v) is 9.22. The molecule has 0 spiro atoms. The van der Waals surface area contributed by atoms with Crippen LogP contribution in [0.5, 0.6) is 0 Å². The highest BCUT2D eigenvalue weighted by molar-refractivity contribution is 9.10. The number of nitro benzene ring substituents is 1. The maximum atomic E-state index is 12.3.